The summed E-state index contributed by atoms with van der Waals surface area (Å²) in [5.74, 6) is 4.19. The summed E-state index contributed by atoms with van der Waals surface area (Å²) in [6.45, 7) is 17.7. The Bertz CT molecular complexity index is 418. The van der Waals surface area contributed by atoms with Gasteiger partial charge in [-0.1, -0.05) is 26.7 Å². The minimum absolute atomic E-state index is 0.0551. The van der Waals surface area contributed by atoms with Gasteiger partial charge in [-0.2, -0.15) is 0 Å². The van der Waals surface area contributed by atoms with E-state index in [0.29, 0.717) is 0 Å². The Labute approximate surface area is 130 Å². The maximum Gasteiger partial charge on any atom is 0.384 e. The Morgan fingerprint density at radius 1 is 1.14 bits per heavy atom. The van der Waals surface area contributed by atoms with Crippen LogP contribution in [0.2, 0.25) is 18.1 Å². The summed E-state index contributed by atoms with van der Waals surface area (Å²) in [7, 11) is -1.97. The number of hydrogen-bond donors (Lipinski definition) is 1. The van der Waals surface area contributed by atoms with Crippen molar-refractivity contribution < 1.29 is 19.1 Å². The molecule has 1 N–H and O–H groups in total. The molecule has 0 aromatic rings. The molecule has 0 bridgehead atoms. The van der Waals surface area contributed by atoms with Crippen molar-refractivity contribution in [3.05, 3.63) is 0 Å². The molecule has 4 nitrogen and oxygen atoms in total. The van der Waals surface area contributed by atoms with Gasteiger partial charge in [0, 0.05) is 5.92 Å². The number of carbonyl (C=O) groups excluding carboxylic acids is 1. The Morgan fingerprint density at radius 2 is 1.62 bits per heavy atom. The Morgan fingerprint density at radius 3 is 2.00 bits per heavy atom. The van der Waals surface area contributed by atoms with E-state index in [1.54, 1.807) is 27.7 Å². The molecule has 0 saturated heterocycles. The van der Waals surface area contributed by atoms with E-state index in [4.69, 9.17) is 9.16 Å². The number of aliphatic hydroxyl groups is 1. The molecule has 0 radical (unpaired) electrons. The van der Waals surface area contributed by atoms with Gasteiger partial charge in [-0.05, 0) is 45.8 Å². The molecular formula is C16H30O4Si. The first-order valence-corrected chi connectivity index (χ1v) is 10.2. The van der Waals surface area contributed by atoms with Crippen LogP contribution >= 0.6 is 0 Å². The molecule has 0 heterocycles. The lowest BCUT2D eigenvalue weighted by Gasteiger charge is -2.38. The van der Waals surface area contributed by atoms with Gasteiger partial charge in [-0.15, -0.1) is 0 Å². The predicted octanol–water partition coefficient (Wildman–Crippen LogP) is 3.10. The third-order valence-corrected chi connectivity index (χ3v) is 8.03. The minimum atomic E-state index is -1.97. The van der Waals surface area contributed by atoms with Crippen LogP contribution in [0.1, 0.15) is 48.5 Å². The van der Waals surface area contributed by atoms with Crippen molar-refractivity contribution in [3.63, 3.8) is 0 Å². The molecule has 0 spiro atoms. The summed E-state index contributed by atoms with van der Waals surface area (Å²) in [5, 5.41) is 10.1. The van der Waals surface area contributed by atoms with Crippen LogP contribution in [0.15, 0.2) is 0 Å². The Kier molecular flexibility index (Phi) is 6.68. The van der Waals surface area contributed by atoms with Crippen LogP contribution in [-0.4, -0.2) is 37.2 Å². The molecule has 21 heavy (non-hydrogen) atoms. The van der Waals surface area contributed by atoms with Crippen molar-refractivity contribution in [2.75, 3.05) is 0 Å². The highest BCUT2D eigenvalue weighted by atomic mass is 28.4. The van der Waals surface area contributed by atoms with Gasteiger partial charge in [-0.3, -0.25) is 0 Å². The van der Waals surface area contributed by atoms with Crippen molar-refractivity contribution in [1.82, 2.24) is 0 Å². The SMILES string of the molecule is C[C@H](O[Si](C)(C)C(C)(C)C)[C@H](O)C#CC(=O)OC(C)(C)C. The lowest BCUT2D eigenvalue weighted by Crippen LogP contribution is -2.45. The lowest BCUT2D eigenvalue weighted by molar-refractivity contribution is -0.147. The minimum Gasteiger partial charge on any atom is -0.450 e. The molecule has 122 valence electrons. The summed E-state index contributed by atoms with van der Waals surface area (Å²) >= 11 is 0. The highest BCUT2D eigenvalue weighted by Gasteiger charge is 2.39. The zero-order chi connectivity index (χ0) is 17.1. The fourth-order valence-electron chi connectivity index (χ4n) is 1.26. The van der Waals surface area contributed by atoms with Crippen LogP contribution in [0.5, 0.6) is 0 Å². The fraction of sp³-hybridized carbons (Fsp3) is 0.812. The van der Waals surface area contributed by atoms with Crippen molar-refractivity contribution >= 4 is 14.3 Å². The van der Waals surface area contributed by atoms with E-state index in [1.165, 1.54) is 0 Å². The Hall–Kier alpha value is -0.833. The summed E-state index contributed by atoms with van der Waals surface area (Å²) in [6.07, 6.45) is -1.45. The van der Waals surface area contributed by atoms with Crippen molar-refractivity contribution in [2.24, 2.45) is 0 Å². The average molecular weight is 314 g/mol. The molecule has 0 fully saturated rings. The van der Waals surface area contributed by atoms with E-state index in [9.17, 15) is 9.90 Å². The van der Waals surface area contributed by atoms with E-state index in [-0.39, 0.29) is 5.04 Å². The van der Waals surface area contributed by atoms with Gasteiger partial charge in [0.15, 0.2) is 8.32 Å². The van der Waals surface area contributed by atoms with Gasteiger partial charge < -0.3 is 14.3 Å². The van der Waals surface area contributed by atoms with Crippen molar-refractivity contribution in [2.45, 2.75) is 84.4 Å². The molecular weight excluding hydrogens is 284 g/mol. The Balaban J connectivity index is 4.69. The van der Waals surface area contributed by atoms with Gasteiger partial charge >= 0.3 is 5.97 Å². The second kappa shape index (κ2) is 6.95. The molecule has 0 aromatic carbocycles. The summed E-state index contributed by atoms with van der Waals surface area (Å²) < 4.78 is 11.1. The molecule has 0 aliphatic carbocycles. The first kappa shape index (κ1) is 20.2. The summed E-state index contributed by atoms with van der Waals surface area (Å²) in [6, 6.07) is 0. The van der Waals surface area contributed by atoms with Crippen molar-refractivity contribution in [3.8, 4) is 11.8 Å². The van der Waals surface area contributed by atoms with Crippen LogP contribution in [0, 0.1) is 11.8 Å². The smallest absolute Gasteiger partial charge is 0.384 e. The van der Waals surface area contributed by atoms with Crippen molar-refractivity contribution in [1.29, 1.82) is 0 Å². The van der Waals surface area contributed by atoms with Gasteiger partial charge in [0.1, 0.15) is 11.7 Å². The third-order valence-electron chi connectivity index (χ3n) is 3.45. The first-order chi connectivity index (χ1) is 9.16. The number of esters is 1. The largest absolute Gasteiger partial charge is 0.450 e. The number of rotatable bonds is 3. The molecule has 0 rings (SSSR count). The van der Waals surface area contributed by atoms with E-state index in [1.807, 2.05) is 0 Å². The molecule has 0 aromatic heterocycles. The van der Waals surface area contributed by atoms with E-state index in [0.717, 1.165) is 0 Å². The van der Waals surface area contributed by atoms with Crippen LogP contribution in [0.25, 0.3) is 0 Å². The van der Waals surface area contributed by atoms with Gasteiger partial charge in [0.25, 0.3) is 0 Å². The van der Waals surface area contributed by atoms with Crippen LogP contribution < -0.4 is 0 Å². The number of carbonyl (C=O) groups is 1. The van der Waals surface area contributed by atoms with E-state index < -0.39 is 32.1 Å². The summed E-state index contributed by atoms with van der Waals surface area (Å²) in [4.78, 5) is 11.5. The normalized spacial score (nSPS) is 15.7. The quantitative estimate of drug-likeness (QED) is 0.376. The standard InChI is InChI=1S/C16H30O4Si/c1-12(20-21(8,9)16(5,6)7)13(17)10-11-14(18)19-15(2,3)4/h12-13,17H,1-9H3/t12-,13+/m0/s1. The monoisotopic (exact) mass is 314 g/mol. The molecule has 2 atom stereocenters. The number of ether oxygens (including phenoxy) is 1. The average Bonchev–Trinajstić information content (AvgIpc) is 2.21. The molecule has 0 aliphatic heterocycles. The second-order valence-corrected chi connectivity index (χ2v) is 12.6. The molecule has 0 amide bonds. The van der Waals surface area contributed by atoms with Gasteiger partial charge in [0.05, 0.1) is 6.10 Å². The highest BCUT2D eigenvalue weighted by molar-refractivity contribution is 6.74. The van der Waals surface area contributed by atoms with E-state index >= 15 is 0 Å². The van der Waals surface area contributed by atoms with Crippen LogP contribution in [0.4, 0.5) is 0 Å². The van der Waals surface area contributed by atoms with Crippen LogP contribution in [0.3, 0.4) is 0 Å². The number of aliphatic hydroxyl groups excluding tert-OH is 1. The number of hydrogen-bond acceptors (Lipinski definition) is 4. The summed E-state index contributed by atoms with van der Waals surface area (Å²) in [5.41, 5.74) is -0.583. The van der Waals surface area contributed by atoms with Crippen LogP contribution in [-0.2, 0) is 14.0 Å². The lowest BCUT2D eigenvalue weighted by atomic mass is 10.2. The molecule has 0 aliphatic rings. The fourth-order valence-corrected chi connectivity index (χ4v) is 2.67. The third kappa shape index (κ3) is 7.65. The molecule has 0 unspecified atom stereocenters. The molecule has 0 saturated carbocycles. The highest BCUT2D eigenvalue weighted by Crippen LogP contribution is 2.37. The zero-order valence-electron chi connectivity index (χ0n) is 14.8. The first-order valence-electron chi connectivity index (χ1n) is 7.26. The maximum atomic E-state index is 11.5. The zero-order valence-corrected chi connectivity index (χ0v) is 15.8. The second-order valence-electron chi connectivity index (χ2n) is 7.80. The van der Waals surface area contributed by atoms with E-state index in [2.05, 4.69) is 45.7 Å². The molecule has 5 heteroatoms. The predicted molar refractivity (Wildman–Crippen MR) is 87.4 cm³/mol. The topological polar surface area (TPSA) is 55.8 Å². The van der Waals surface area contributed by atoms with Gasteiger partial charge in [-0.25, -0.2) is 4.79 Å². The van der Waals surface area contributed by atoms with Gasteiger partial charge in [0.2, 0.25) is 0 Å². The maximum absolute atomic E-state index is 11.5.